The number of hydrogen-bond acceptors (Lipinski definition) is 6. The Kier molecular flexibility index (Phi) is 6.65. The number of fused-ring (bicyclic) bond motifs is 1. The number of rotatable bonds is 6. The minimum atomic E-state index is -3.83. The van der Waals surface area contributed by atoms with Gasteiger partial charge >= 0.3 is 0 Å². The monoisotopic (exact) mass is 507 g/mol. The highest BCUT2D eigenvalue weighted by molar-refractivity contribution is 7.91. The Labute approximate surface area is 210 Å². The van der Waals surface area contributed by atoms with E-state index in [1.54, 1.807) is 37.4 Å². The summed E-state index contributed by atoms with van der Waals surface area (Å²) in [7, 11) is -2.28. The number of ether oxygens (including phenoxy) is 1. The average molecular weight is 508 g/mol. The SMILES string of the molecule is COc1ccc(S(=O)(=O)c2cnc3ccc(Cl)cc3c2N2CCN(Cc3ccccc3)CC2)cc1. The zero-order valence-electron chi connectivity index (χ0n) is 19.4. The van der Waals surface area contributed by atoms with Gasteiger partial charge in [-0.25, -0.2) is 8.42 Å². The molecule has 180 valence electrons. The highest BCUT2D eigenvalue weighted by Gasteiger charge is 2.29. The van der Waals surface area contributed by atoms with Crippen LogP contribution in [0.15, 0.2) is 88.8 Å². The van der Waals surface area contributed by atoms with Gasteiger partial charge in [0.1, 0.15) is 10.6 Å². The Morgan fingerprint density at radius 3 is 2.34 bits per heavy atom. The van der Waals surface area contributed by atoms with Crippen molar-refractivity contribution in [2.75, 3.05) is 38.2 Å². The highest BCUT2D eigenvalue weighted by Crippen LogP contribution is 2.37. The molecule has 2 heterocycles. The van der Waals surface area contributed by atoms with Crippen molar-refractivity contribution in [3.63, 3.8) is 0 Å². The van der Waals surface area contributed by atoms with E-state index in [9.17, 15) is 8.42 Å². The van der Waals surface area contributed by atoms with Gasteiger partial charge in [0.15, 0.2) is 0 Å². The second-order valence-electron chi connectivity index (χ2n) is 8.56. The molecule has 0 aliphatic carbocycles. The van der Waals surface area contributed by atoms with E-state index < -0.39 is 9.84 Å². The molecule has 0 saturated carbocycles. The summed E-state index contributed by atoms with van der Waals surface area (Å²) in [5, 5.41) is 1.28. The first-order chi connectivity index (χ1) is 17.0. The van der Waals surface area contributed by atoms with E-state index in [4.69, 9.17) is 16.3 Å². The van der Waals surface area contributed by atoms with Crippen LogP contribution in [0, 0.1) is 0 Å². The maximum Gasteiger partial charge on any atom is 0.210 e. The zero-order chi connectivity index (χ0) is 24.4. The molecule has 3 aromatic carbocycles. The fourth-order valence-electron chi connectivity index (χ4n) is 4.51. The lowest BCUT2D eigenvalue weighted by Gasteiger charge is -2.37. The van der Waals surface area contributed by atoms with Crippen molar-refractivity contribution in [2.45, 2.75) is 16.3 Å². The van der Waals surface area contributed by atoms with Crippen LogP contribution >= 0.6 is 11.6 Å². The second-order valence-corrected chi connectivity index (χ2v) is 10.9. The first kappa shape index (κ1) is 23.6. The molecule has 0 spiro atoms. The molecule has 1 aliphatic rings. The number of nitrogens with zero attached hydrogens (tertiary/aromatic N) is 3. The van der Waals surface area contributed by atoms with Crippen molar-refractivity contribution in [3.8, 4) is 5.75 Å². The van der Waals surface area contributed by atoms with Crippen LogP contribution in [-0.4, -0.2) is 51.6 Å². The summed E-state index contributed by atoms with van der Waals surface area (Å²) in [6.45, 7) is 3.91. The van der Waals surface area contributed by atoms with Crippen LogP contribution in [0.4, 0.5) is 5.69 Å². The number of methoxy groups -OCH3 is 1. The van der Waals surface area contributed by atoms with Gasteiger partial charge in [-0.05, 0) is 48.0 Å². The number of benzene rings is 3. The first-order valence-corrected chi connectivity index (χ1v) is 13.3. The van der Waals surface area contributed by atoms with Crippen molar-refractivity contribution < 1.29 is 13.2 Å². The van der Waals surface area contributed by atoms with Gasteiger partial charge in [0.2, 0.25) is 9.84 Å². The minimum absolute atomic E-state index is 0.189. The molecule has 0 radical (unpaired) electrons. The molecule has 1 aromatic heterocycles. The predicted molar refractivity (Wildman–Crippen MR) is 139 cm³/mol. The molecule has 1 fully saturated rings. The van der Waals surface area contributed by atoms with Crippen LogP contribution < -0.4 is 9.64 Å². The van der Waals surface area contributed by atoms with Crippen LogP contribution in [-0.2, 0) is 16.4 Å². The van der Waals surface area contributed by atoms with E-state index in [0.29, 0.717) is 35.1 Å². The maximum absolute atomic E-state index is 13.8. The third-order valence-corrected chi connectivity index (χ3v) is 8.37. The molecule has 4 aromatic rings. The highest BCUT2D eigenvalue weighted by atomic mass is 35.5. The van der Waals surface area contributed by atoms with Gasteiger partial charge in [0.25, 0.3) is 0 Å². The van der Waals surface area contributed by atoms with Crippen LogP contribution in [0.2, 0.25) is 5.02 Å². The van der Waals surface area contributed by atoms with Gasteiger partial charge in [0, 0.05) is 49.3 Å². The Morgan fingerprint density at radius 2 is 1.66 bits per heavy atom. The van der Waals surface area contributed by atoms with Gasteiger partial charge in [-0.2, -0.15) is 0 Å². The number of sulfone groups is 1. The maximum atomic E-state index is 13.8. The molecule has 0 atom stereocenters. The lowest BCUT2D eigenvalue weighted by Crippen LogP contribution is -2.46. The number of hydrogen-bond donors (Lipinski definition) is 0. The molecule has 0 unspecified atom stereocenters. The van der Waals surface area contributed by atoms with Crippen molar-refractivity contribution in [2.24, 2.45) is 0 Å². The molecule has 0 amide bonds. The Bertz CT molecular complexity index is 1440. The standard InChI is InChI=1S/C27H26ClN3O3S/c1-34-22-8-10-23(11-9-22)35(32,33)26-18-29-25-12-7-21(28)17-24(25)27(26)31-15-13-30(14-16-31)19-20-5-3-2-4-6-20/h2-12,17-18H,13-16,19H2,1H3. The number of anilines is 1. The summed E-state index contributed by atoms with van der Waals surface area (Å²) >= 11 is 6.34. The summed E-state index contributed by atoms with van der Waals surface area (Å²) < 4.78 is 32.8. The number of piperazine rings is 1. The van der Waals surface area contributed by atoms with Gasteiger partial charge in [-0.3, -0.25) is 9.88 Å². The number of pyridine rings is 1. The van der Waals surface area contributed by atoms with E-state index in [2.05, 4.69) is 39.0 Å². The fraction of sp³-hybridized carbons (Fsp3) is 0.222. The van der Waals surface area contributed by atoms with E-state index in [0.717, 1.165) is 25.0 Å². The smallest absolute Gasteiger partial charge is 0.210 e. The zero-order valence-corrected chi connectivity index (χ0v) is 21.0. The van der Waals surface area contributed by atoms with Gasteiger partial charge in [-0.1, -0.05) is 41.9 Å². The van der Waals surface area contributed by atoms with E-state index in [1.165, 1.54) is 11.8 Å². The van der Waals surface area contributed by atoms with Gasteiger partial charge in [-0.15, -0.1) is 0 Å². The Morgan fingerprint density at radius 1 is 0.943 bits per heavy atom. The van der Waals surface area contributed by atoms with E-state index in [1.807, 2.05) is 18.2 Å². The summed E-state index contributed by atoms with van der Waals surface area (Å²) in [5.74, 6) is 0.599. The van der Waals surface area contributed by atoms with Crippen LogP contribution in [0.3, 0.4) is 0 Å². The Hall–Kier alpha value is -3.13. The normalized spacial score (nSPS) is 14.9. The topological polar surface area (TPSA) is 62.7 Å². The third kappa shape index (κ3) is 4.85. The number of halogens is 1. The molecule has 5 rings (SSSR count). The molecule has 0 N–H and O–H groups in total. The summed E-state index contributed by atoms with van der Waals surface area (Å²) in [5.41, 5.74) is 2.64. The van der Waals surface area contributed by atoms with Crippen molar-refractivity contribution in [3.05, 3.63) is 89.6 Å². The largest absolute Gasteiger partial charge is 0.497 e. The molecule has 8 heteroatoms. The van der Waals surface area contributed by atoms with Gasteiger partial charge in [0.05, 0.1) is 23.2 Å². The van der Waals surface area contributed by atoms with Crippen molar-refractivity contribution in [1.29, 1.82) is 0 Å². The number of aromatic nitrogens is 1. The summed E-state index contributed by atoms with van der Waals surface area (Å²) in [6.07, 6.45) is 1.47. The van der Waals surface area contributed by atoms with Crippen molar-refractivity contribution in [1.82, 2.24) is 9.88 Å². The predicted octanol–water partition coefficient (Wildman–Crippen LogP) is 5.05. The lowest BCUT2D eigenvalue weighted by atomic mass is 10.1. The fourth-order valence-corrected chi connectivity index (χ4v) is 6.11. The van der Waals surface area contributed by atoms with Gasteiger partial charge < -0.3 is 9.64 Å². The molecule has 1 aliphatic heterocycles. The quantitative estimate of drug-likeness (QED) is 0.364. The average Bonchev–Trinajstić information content (AvgIpc) is 2.89. The van der Waals surface area contributed by atoms with Crippen molar-refractivity contribution >= 4 is 38.0 Å². The molecule has 6 nitrogen and oxygen atoms in total. The molecular weight excluding hydrogens is 482 g/mol. The minimum Gasteiger partial charge on any atom is -0.497 e. The second kappa shape index (κ2) is 9.85. The van der Waals surface area contributed by atoms with E-state index in [-0.39, 0.29) is 9.79 Å². The third-order valence-electron chi connectivity index (χ3n) is 6.36. The summed E-state index contributed by atoms with van der Waals surface area (Å²) in [4.78, 5) is 9.40. The Balaban J connectivity index is 1.52. The summed E-state index contributed by atoms with van der Waals surface area (Å²) in [6, 6.07) is 22.2. The van der Waals surface area contributed by atoms with E-state index >= 15 is 0 Å². The lowest BCUT2D eigenvalue weighted by molar-refractivity contribution is 0.249. The molecule has 0 bridgehead atoms. The van der Waals surface area contributed by atoms with Crippen LogP contribution in [0.1, 0.15) is 5.56 Å². The molecule has 35 heavy (non-hydrogen) atoms. The molecular formula is C27H26ClN3O3S. The molecule has 1 saturated heterocycles. The first-order valence-electron chi connectivity index (χ1n) is 11.4. The van der Waals surface area contributed by atoms with Crippen LogP contribution in [0.25, 0.3) is 10.9 Å². The van der Waals surface area contributed by atoms with Crippen LogP contribution in [0.5, 0.6) is 5.75 Å².